The second kappa shape index (κ2) is 7.73. The summed E-state index contributed by atoms with van der Waals surface area (Å²) in [4.78, 5) is 23.5. The summed E-state index contributed by atoms with van der Waals surface area (Å²) in [5.41, 5.74) is 1.82. The van der Waals surface area contributed by atoms with Crippen LogP contribution in [0.3, 0.4) is 0 Å². The zero-order chi connectivity index (χ0) is 19.0. The maximum absolute atomic E-state index is 13.2. The van der Waals surface area contributed by atoms with Crippen molar-refractivity contribution >= 4 is 56.5 Å². The number of carbonyl (C=O) groups is 1. The van der Waals surface area contributed by atoms with Gasteiger partial charge in [-0.15, -0.1) is 11.3 Å². The highest BCUT2D eigenvalue weighted by molar-refractivity contribution is 8.00. The van der Waals surface area contributed by atoms with E-state index in [2.05, 4.69) is 22.2 Å². The molecule has 3 aromatic rings. The molecular weight excluding hydrogens is 405 g/mol. The zero-order valence-corrected chi connectivity index (χ0v) is 17.0. The number of aromatic nitrogens is 2. The van der Waals surface area contributed by atoms with E-state index in [1.165, 1.54) is 46.8 Å². The maximum Gasteiger partial charge on any atom is 0.234 e. The maximum atomic E-state index is 13.2. The van der Waals surface area contributed by atoms with Gasteiger partial charge in [-0.3, -0.25) is 4.79 Å². The Morgan fingerprint density at radius 2 is 2.30 bits per heavy atom. The molecule has 4 rings (SSSR count). The molecule has 0 fully saturated rings. The van der Waals surface area contributed by atoms with Gasteiger partial charge in [-0.2, -0.15) is 0 Å². The number of carbonyl (C=O) groups excluding carboxylic acids is 1. The van der Waals surface area contributed by atoms with Crippen molar-refractivity contribution in [3.63, 3.8) is 0 Å². The second-order valence-corrected chi connectivity index (χ2v) is 9.13. The minimum absolute atomic E-state index is 0.0166. The van der Waals surface area contributed by atoms with Crippen LogP contribution in [0.1, 0.15) is 23.8 Å². The molecule has 0 radical (unpaired) electrons. The van der Waals surface area contributed by atoms with E-state index in [0.29, 0.717) is 11.6 Å². The fourth-order valence-corrected chi connectivity index (χ4v) is 5.68. The van der Waals surface area contributed by atoms with Gasteiger partial charge in [-0.05, 0) is 48.9 Å². The summed E-state index contributed by atoms with van der Waals surface area (Å²) < 4.78 is 13.2. The molecule has 8 heteroatoms. The highest BCUT2D eigenvalue weighted by Crippen LogP contribution is 2.40. The third kappa shape index (κ3) is 3.95. The van der Waals surface area contributed by atoms with Crippen LogP contribution in [0.25, 0.3) is 10.2 Å². The lowest BCUT2D eigenvalue weighted by molar-refractivity contribution is -0.113. The van der Waals surface area contributed by atoms with Crippen molar-refractivity contribution in [2.24, 2.45) is 5.92 Å². The lowest BCUT2D eigenvalue weighted by Crippen LogP contribution is -2.14. The summed E-state index contributed by atoms with van der Waals surface area (Å²) >= 11 is 8.90. The van der Waals surface area contributed by atoms with Crippen LogP contribution in [0.2, 0.25) is 5.02 Å². The first-order valence-corrected chi connectivity index (χ1v) is 10.8. The average Bonchev–Trinajstić information content (AvgIpc) is 3.01. The summed E-state index contributed by atoms with van der Waals surface area (Å²) in [5.74, 6) is 0.210. The van der Waals surface area contributed by atoms with Gasteiger partial charge in [0.05, 0.1) is 10.8 Å². The number of amides is 1. The minimum atomic E-state index is -0.510. The number of aryl methyl sites for hydroxylation is 1. The Bertz CT molecular complexity index is 1020. The summed E-state index contributed by atoms with van der Waals surface area (Å²) in [7, 11) is 0. The third-order valence-corrected chi connectivity index (χ3v) is 7.04. The van der Waals surface area contributed by atoms with Gasteiger partial charge in [0.25, 0.3) is 0 Å². The monoisotopic (exact) mass is 421 g/mol. The third-order valence-electron chi connectivity index (χ3n) is 4.60. The molecule has 0 spiro atoms. The van der Waals surface area contributed by atoms with Gasteiger partial charge in [0.15, 0.2) is 0 Å². The van der Waals surface area contributed by atoms with Gasteiger partial charge in [0.1, 0.15) is 22.0 Å². The quantitative estimate of drug-likeness (QED) is 0.456. The lowest BCUT2D eigenvalue weighted by atomic mass is 9.89. The Labute approximate surface area is 169 Å². The van der Waals surface area contributed by atoms with Crippen LogP contribution >= 0.6 is 34.7 Å². The predicted octanol–water partition coefficient (Wildman–Crippen LogP) is 5.34. The first-order chi connectivity index (χ1) is 13.0. The normalized spacial score (nSPS) is 16.3. The van der Waals surface area contributed by atoms with Crippen molar-refractivity contribution in [3.8, 4) is 0 Å². The Morgan fingerprint density at radius 3 is 3.11 bits per heavy atom. The van der Waals surface area contributed by atoms with E-state index in [4.69, 9.17) is 11.6 Å². The molecule has 2 heterocycles. The Kier molecular flexibility index (Phi) is 5.34. The van der Waals surface area contributed by atoms with Crippen LogP contribution in [0, 0.1) is 11.7 Å². The second-order valence-electron chi connectivity index (χ2n) is 6.68. The Hall–Kier alpha value is -1.70. The van der Waals surface area contributed by atoms with Crippen LogP contribution in [0.4, 0.5) is 10.1 Å². The van der Waals surface area contributed by atoms with Gasteiger partial charge >= 0.3 is 0 Å². The molecule has 140 valence electrons. The number of halogens is 2. The van der Waals surface area contributed by atoms with E-state index in [-0.39, 0.29) is 16.7 Å². The molecule has 1 unspecified atom stereocenters. The summed E-state index contributed by atoms with van der Waals surface area (Å²) in [6.45, 7) is 2.28. The summed E-state index contributed by atoms with van der Waals surface area (Å²) in [6, 6.07) is 4.12. The highest BCUT2D eigenvalue weighted by atomic mass is 35.5. The molecule has 1 amide bonds. The molecule has 1 aliphatic carbocycles. The predicted molar refractivity (Wildman–Crippen MR) is 109 cm³/mol. The molecule has 0 saturated carbocycles. The number of anilines is 1. The molecule has 1 atom stereocenters. The number of thiophene rings is 1. The zero-order valence-electron chi connectivity index (χ0n) is 14.6. The van der Waals surface area contributed by atoms with Crippen molar-refractivity contribution < 1.29 is 9.18 Å². The standard InChI is InChI=1S/C19H17ClFN3OS2/c1-10-2-4-12-15(6-10)27-19-17(12)18(22-9-23-19)26-8-16(25)24-11-3-5-14(21)13(20)7-11/h3,5,7,9-10H,2,4,6,8H2,1H3,(H,24,25). The average molecular weight is 422 g/mol. The first kappa shape index (κ1) is 18.7. The lowest BCUT2D eigenvalue weighted by Gasteiger charge is -2.18. The molecule has 0 bridgehead atoms. The van der Waals surface area contributed by atoms with Crippen molar-refractivity contribution in [2.75, 3.05) is 11.1 Å². The molecule has 0 saturated heterocycles. The summed E-state index contributed by atoms with van der Waals surface area (Å²) in [6.07, 6.45) is 4.86. The van der Waals surface area contributed by atoms with Crippen LogP contribution < -0.4 is 5.32 Å². The molecule has 1 N–H and O–H groups in total. The van der Waals surface area contributed by atoms with E-state index < -0.39 is 5.82 Å². The number of hydrogen-bond donors (Lipinski definition) is 1. The minimum Gasteiger partial charge on any atom is -0.325 e. The number of benzene rings is 1. The van der Waals surface area contributed by atoms with E-state index in [9.17, 15) is 9.18 Å². The van der Waals surface area contributed by atoms with Crippen LogP contribution in [-0.4, -0.2) is 21.6 Å². The van der Waals surface area contributed by atoms with Gasteiger partial charge in [-0.25, -0.2) is 14.4 Å². The topological polar surface area (TPSA) is 54.9 Å². The molecule has 2 aromatic heterocycles. The van der Waals surface area contributed by atoms with Crippen molar-refractivity contribution in [2.45, 2.75) is 31.2 Å². The fourth-order valence-electron chi connectivity index (χ4n) is 3.26. The SMILES string of the molecule is CC1CCc2c(sc3ncnc(SCC(=O)Nc4ccc(F)c(Cl)c4)c23)C1. The van der Waals surface area contributed by atoms with Gasteiger partial charge < -0.3 is 5.32 Å². The molecule has 1 aromatic carbocycles. The Balaban J connectivity index is 1.50. The molecule has 27 heavy (non-hydrogen) atoms. The van der Waals surface area contributed by atoms with Crippen LogP contribution in [0.15, 0.2) is 29.6 Å². The largest absolute Gasteiger partial charge is 0.325 e. The molecule has 4 nitrogen and oxygen atoms in total. The number of rotatable bonds is 4. The molecule has 1 aliphatic rings. The van der Waals surface area contributed by atoms with E-state index in [1.54, 1.807) is 17.7 Å². The van der Waals surface area contributed by atoms with Crippen molar-refractivity contribution in [3.05, 3.63) is 45.8 Å². The van der Waals surface area contributed by atoms with Gasteiger partial charge in [0.2, 0.25) is 5.91 Å². The number of nitrogens with zero attached hydrogens (tertiary/aromatic N) is 2. The number of hydrogen-bond acceptors (Lipinski definition) is 5. The number of fused-ring (bicyclic) bond motifs is 3. The van der Waals surface area contributed by atoms with E-state index in [1.807, 2.05) is 0 Å². The Morgan fingerprint density at radius 1 is 1.44 bits per heavy atom. The smallest absolute Gasteiger partial charge is 0.234 e. The number of nitrogens with one attached hydrogen (secondary N) is 1. The van der Waals surface area contributed by atoms with E-state index >= 15 is 0 Å². The first-order valence-electron chi connectivity index (χ1n) is 8.64. The van der Waals surface area contributed by atoms with Crippen molar-refractivity contribution in [1.29, 1.82) is 0 Å². The fraction of sp³-hybridized carbons (Fsp3) is 0.316. The van der Waals surface area contributed by atoms with Crippen molar-refractivity contribution in [1.82, 2.24) is 9.97 Å². The molecular formula is C19H17ClFN3OS2. The van der Waals surface area contributed by atoms with Gasteiger partial charge in [0, 0.05) is 16.0 Å². The summed E-state index contributed by atoms with van der Waals surface area (Å²) in [5, 5.41) is 4.67. The van der Waals surface area contributed by atoms with Crippen LogP contribution in [0.5, 0.6) is 0 Å². The highest BCUT2D eigenvalue weighted by Gasteiger charge is 2.23. The number of thioether (sulfide) groups is 1. The van der Waals surface area contributed by atoms with E-state index in [0.717, 1.165) is 28.1 Å². The van der Waals surface area contributed by atoms with Crippen LogP contribution in [-0.2, 0) is 17.6 Å². The van der Waals surface area contributed by atoms with Gasteiger partial charge in [-0.1, -0.05) is 30.3 Å². The molecule has 0 aliphatic heterocycles.